The molecule has 0 unspecified atom stereocenters. The van der Waals surface area contributed by atoms with E-state index < -0.39 is 27.6 Å². The number of nitrogens with zero attached hydrogens (tertiary/aromatic N) is 3. The third-order valence-corrected chi connectivity index (χ3v) is 3.27. The van der Waals surface area contributed by atoms with Gasteiger partial charge in [-0.2, -0.15) is 18.3 Å². The topological polar surface area (TPSA) is 61.0 Å². The fourth-order valence-electron chi connectivity index (χ4n) is 1.84. The van der Waals surface area contributed by atoms with Crippen LogP contribution in [0.2, 0.25) is 5.15 Å². The molecule has 1 aromatic heterocycles. The second kappa shape index (κ2) is 5.36. The van der Waals surface area contributed by atoms with Crippen LogP contribution in [0.15, 0.2) is 24.3 Å². The largest absolute Gasteiger partial charge is 0.442 e. The van der Waals surface area contributed by atoms with Gasteiger partial charge in [-0.3, -0.25) is 10.1 Å². The quantitative estimate of drug-likeness (QED) is 0.638. The van der Waals surface area contributed by atoms with Crippen LogP contribution >= 0.6 is 11.6 Å². The fourth-order valence-corrected chi connectivity index (χ4v) is 2.09. The van der Waals surface area contributed by atoms with Gasteiger partial charge in [0, 0.05) is 0 Å². The van der Waals surface area contributed by atoms with E-state index in [1.165, 1.54) is 0 Å². The van der Waals surface area contributed by atoms with Crippen molar-refractivity contribution in [3.63, 3.8) is 0 Å². The van der Waals surface area contributed by atoms with Gasteiger partial charge in [0.25, 0.3) is 0 Å². The van der Waals surface area contributed by atoms with E-state index in [1.807, 2.05) is 0 Å². The Morgan fingerprint density at radius 1 is 1.38 bits per heavy atom. The number of nitro groups is 1. The molecular formula is C12H9ClF3N3O2. The highest BCUT2D eigenvalue weighted by molar-refractivity contribution is 6.31. The molecule has 0 saturated heterocycles. The molecule has 5 nitrogen and oxygen atoms in total. The Hall–Kier alpha value is -2.09. The molecule has 0 bridgehead atoms. The van der Waals surface area contributed by atoms with Crippen LogP contribution in [-0.4, -0.2) is 14.7 Å². The summed E-state index contributed by atoms with van der Waals surface area (Å²) >= 11 is 5.69. The van der Waals surface area contributed by atoms with Crippen molar-refractivity contribution < 1.29 is 18.1 Å². The third kappa shape index (κ3) is 2.99. The number of rotatable bonds is 3. The molecule has 0 saturated carbocycles. The van der Waals surface area contributed by atoms with Gasteiger partial charge in [-0.1, -0.05) is 35.9 Å². The minimum atomic E-state index is -4.94. The Kier molecular flexibility index (Phi) is 3.91. The lowest BCUT2D eigenvalue weighted by atomic mass is 10.1. The van der Waals surface area contributed by atoms with E-state index in [0.717, 1.165) is 10.2 Å². The number of halogens is 4. The monoisotopic (exact) mass is 319 g/mol. The summed E-state index contributed by atoms with van der Waals surface area (Å²) in [7, 11) is 0. The number of aromatic nitrogens is 2. The maximum absolute atomic E-state index is 12.8. The first-order chi connectivity index (χ1) is 9.71. The normalized spacial score (nSPS) is 11.7. The zero-order chi connectivity index (χ0) is 15.8. The van der Waals surface area contributed by atoms with Crippen LogP contribution in [0, 0.1) is 17.0 Å². The van der Waals surface area contributed by atoms with Gasteiger partial charge in [-0.25, -0.2) is 4.68 Å². The molecule has 2 aromatic rings. The zero-order valence-corrected chi connectivity index (χ0v) is 11.4. The SMILES string of the molecule is Cc1ccccc1Cn1nc(C(F)(F)F)c([N+](=O)[O-])c1Cl. The van der Waals surface area contributed by atoms with Crippen LogP contribution in [0.3, 0.4) is 0 Å². The van der Waals surface area contributed by atoms with Crippen LogP contribution in [0.1, 0.15) is 16.8 Å². The lowest BCUT2D eigenvalue weighted by Gasteiger charge is -2.06. The molecule has 9 heteroatoms. The molecule has 0 spiro atoms. The molecule has 112 valence electrons. The predicted octanol–water partition coefficient (Wildman–Crippen LogP) is 3.82. The minimum Gasteiger partial charge on any atom is -0.258 e. The first-order valence-corrected chi connectivity index (χ1v) is 6.12. The standard InChI is InChI=1S/C12H9ClF3N3O2/c1-7-4-2-3-5-8(7)6-18-11(13)9(19(20)21)10(17-18)12(14,15)16/h2-5H,6H2,1H3. The van der Waals surface area contributed by atoms with Gasteiger partial charge in [-0.15, -0.1) is 0 Å². The van der Waals surface area contributed by atoms with Gasteiger partial charge >= 0.3 is 11.9 Å². The summed E-state index contributed by atoms with van der Waals surface area (Å²) in [6, 6.07) is 6.93. The first-order valence-electron chi connectivity index (χ1n) is 5.74. The molecule has 0 N–H and O–H groups in total. The Balaban J connectivity index is 2.51. The van der Waals surface area contributed by atoms with E-state index in [4.69, 9.17) is 11.6 Å². The van der Waals surface area contributed by atoms with Crippen LogP contribution in [0.5, 0.6) is 0 Å². The molecule has 0 aliphatic carbocycles. The van der Waals surface area contributed by atoms with Crippen molar-refractivity contribution in [1.29, 1.82) is 0 Å². The highest BCUT2D eigenvalue weighted by atomic mass is 35.5. The average Bonchev–Trinajstić information content (AvgIpc) is 2.70. The third-order valence-electron chi connectivity index (χ3n) is 2.90. The number of hydrogen-bond acceptors (Lipinski definition) is 3. The summed E-state index contributed by atoms with van der Waals surface area (Å²) in [5, 5.41) is 13.4. The van der Waals surface area contributed by atoms with Gasteiger partial charge < -0.3 is 0 Å². The summed E-state index contributed by atoms with van der Waals surface area (Å²) in [5.41, 5.74) is -1.32. The lowest BCUT2D eigenvalue weighted by Crippen LogP contribution is -2.10. The average molecular weight is 320 g/mol. The first kappa shape index (κ1) is 15.3. The summed E-state index contributed by atoms with van der Waals surface area (Å²) in [4.78, 5) is 9.62. The van der Waals surface area contributed by atoms with Gasteiger partial charge in [0.1, 0.15) is 0 Å². The highest BCUT2D eigenvalue weighted by Crippen LogP contribution is 2.39. The predicted molar refractivity (Wildman–Crippen MR) is 69.2 cm³/mol. The van der Waals surface area contributed by atoms with Crippen LogP contribution in [0.4, 0.5) is 18.9 Å². The van der Waals surface area contributed by atoms with Crippen molar-refractivity contribution >= 4 is 17.3 Å². The summed E-state index contributed by atoms with van der Waals surface area (Å²) in [6.45, 7) is 1.69. The number of benzene rings is 1. The number of aryl methyl sites for hydroxylation is 1. The van der Waals surface area contributed by atoms with Crippen molar-refractivity contribution in [2.75, 3.05) is 0 Å². The molecule has 0 amide bonds. The van der Waals surface area contributed by atoms with Crippen molar-refractivity contribution in [2.24, 2.45) is 0 Å². The molecule has 1 heterocycles. The lowest BCUT2D eigenvalue weighted by molar-refractivity contribution is -0.388. The van der Waals surface area contributed by atoms with Crippen molar-refractivity contribution in [2.45, 2.75) is 19.6 Å². The molecule has 1 aromatic carbocycles. The molecule has 0 aliphatic heterocycles. The Morgan fingerprint density at radius 2 is 2.00 bits per heavy atom. The number of hydrogen-bond donors (Lipinski definition) is 0. The fraction of sp³-hybridized carbons (Fsp3) is 0.250. The van der Waals surface area contributed by atoms with Gasteiger partial charge in [0.15, 0.2) is 0 Å². The van der Waals surface area contributed by atoms with Crippen LogP contribution in [-0.2, 0) is 12.7 Å². The molecule has 0 aliphatic rings. The van der Waals surface area contributed by atoms with E-state index in [9.17, 15) is 23.3 Å². The van der Waals surface area contributed by atoms with Gasteiger partial charge in [0.05, 0.1) is 11.5 Å². The molecule has 2 rings (SSSR count). The van der Waals surface area contributed by atoms with Gasteiger partial charge in [-0.05, 0) is 18.1 Å². The Labute approximate surface area is 122 Å². The van der Waals surface area contributed by atoms with Gasteiger partial charge in [0.2, 0.25) is 10.8 Å². The Bertz CT molecular complexity index is 698. The van der Waals surface area contributed by atoms with E-state index in [2.05, 4.69) is 5.10 Å². The van der Waals surface area contributed by atoms with E-state index in [-0.39, 0.29) is 6.54 Å². The second-order valence-electron chi connectivity index (χ2n) is 4.33. The molecule has 21 heavy (non-hydrogen) atoms. The highest BCUT2D eigenvalue weighted by Gasteiger charge is 2.45. The summed E-state index contributed by atoms with van der Waals surface area (Å²) < 4.78 is 39.1. The smallest absolute Gasteiger partial charge is 0.258 e. The van der Waals surface area contributed by atoms with Crippen molar-refractivity contribution in [1.82, 2.24) is 9.78 Å². The molecule has 0 radical (unpaired) electrons. The molecular weight excluding hydrogens is 311 g/mol. The molecule has 0 fully saturated rings. The van der Waals surface area contributed by atoms with Crippen molar-refractivity contribution in [3.8, 4) is 0 Å². The van der Waals surface area contributed by atoms with Crippen LogP contribution in [0.25, 0.3) is 0 Å². The zero-order valence-electron chi connectivity index (χ0n) is 10.7. The summed E-state index contributed by atoms with van der Waals surface area (Å²) in [5.74, 6) is 0. The maximum atomic E-state index is 12.8. The molecule has 0 atom stereocenters. The maximum Gasteiger partial charge on any atom is 0.442 e. The van der Waals surface area contributed by atoms with E-state index >= 15 is 0 Å². The van der Waals surface area contributed by atoms with Crippen LogP contribution < -0.4 is 0 Å². The minimum absolute atomic E-state index is 0.0809. The Morgan fingerprint density at radius 3 is 2.48 bits per heavy atom. The van der Waals surface area contributed by atoms with E-state index in [0.29, 0.717) is 5.56 Å². The van der Waals surface area contributed by atoms with E-state index in [1.54, 1.807) is 31.2 Å². The number of alkyl halides is 3. The second-order valence-corrected chi connectivity index (χ2v) is 4.69. The summed E-state index contributed by atoms with van der Waals surface area (Å²) in [6.07, 6.45) is -4.94. The van der Waals surface area contributed by atoms with Crippen molar-refractivity contribution in [3.05, 3.63) is 56.4 Å².